The van der Waals surface area contributed by atoms with Gasteiger partial charge in [-0.25, -0.2) is 13.2 Å². The second-order valence-electron chi connectivity index (χ2n) is 11.5. The lowest BCUT2D eigenvalue weighted by atomic mass is 9.92. The maximum atomic E-state index is 13.0. The van der Waals surface area contributed by atoms with Crippen molar-refractivity contribution in [3.05, 3.63) is 66.2 Å². The Morgan fingerprint density at radius 1 is 1.07 bits per heavy atom. The van der Waals surface area contributed by atoms with Crippen molar-refractivity contribution >= 4 is 28.2 Å². The van der Waals surface area contributed by atoms with Gasteiger partial charge in [0.1, 0.15) is 17.4 Å². The molecule has 1 unspecified atom stereocenters. The summed E-state index contributed by atoms with van der Waals surface area (Å²) in [5.74, 6) is 0.637. The van der Waals surface area contributed by atoms with Crippen molar-refractivity contribution in [1.29, 1.82) is 0 Å². The van der Waals surface area contributed by atoms with E-state index in [1.165, 1.54) is 19.3 Å². The first-order valence-corrected chi connectivity index (χ1v) is 15.9. The summed E-state index contributed by atoms with van der Waals surface area (Å²) in [6.07, 6.45) is 6.41. The van der Waals surface area contributed by atoms with Gasteiger partial charge in [-0.1, -0.05) is 49.4 Å². The number of unbranched alkanes of at least 4 members (excludes halogenated alkanes) is 1. The Balaban J connectivity index is 1.43. The summed E-state index contributed by atoms with van der Waals surface area (Å²) in [6, 6.07) is 12.6. The van der Waals surface area contributed by atoms with E-state index in [9.17, 15) is 18.0 Å². The highest BCUT2D eigenvalue weighted by atomic mass is 32.2. The number of carbonyl (C=O) groups is 2. The van der Waals surface area contributed by atoms with Crippen LogP contribution in [0.2, 0.25) is 0 Å². The fraction of sp³-hybridized carbons (Fsp3) is 0.500. The zero-order valence-corrected chi connectivity index (χ0v) is 26.0. The number of hydrogen-bond acceptors (Lipinski definition) is 7. The number of esters is 1. The van der Waals surface area contributed by atoms with Gasteiger partial charge in [0.25, 0.3) is 0 Å². The molecule has 1 heterocycles. The lowest BCUT2D eigenvalue weighted by Crippen LogP contribution is -2.43. The van der Waals surface area contributed by atoms with Crippen LogP contribution >= 0.6 is 0 Å². The van der Waals surface area contributed by atoms with E-state index in [1.807, 2.05) is 45.0 Å². The molecule has 1 saturated heterocycles. The molecule has 2 aromatic carbocycles. The number of likely N-dealkylation sites (tertiary alicyclic amines) is 1. The van der Waals surface area contributed by atoms with Crippen molar-refractivity contribution in [2.75, 3.05) is 26.8 Å². The fourth-order valence-electron chi connectivity index (χ4n) is 4.87. The molecule has 1 N–H and O–H groups in total. The standard InChI is InChI=1S/C32H44N2O7S/c1-6-26-12-7-8-13-29(26)42(37,38)33-28(30(35)39-5)23-25-14-16-27(17-15-25)40-22-10-9-11-24-18-20-34(21-19-24)31(36)41-32(2,3)4/h6-8,12-17,24,28,33H,1,9-11,18-23H2,2-5H3. The minimum Gasteiger partial charge on any atom is -0.494 e. The van der Waals surface area contributed by atoms with Crippen molar-refractivity contribution in [2.45, 2.75) is 75.8 Å². The number of nitrogens with zero attached hydrogens (tertiary/aromatic N) is 1. The van der Waals surface area contributed by atoms with E-state index >= 15 is 0 Å². The maximum Gasteiger partial charge on any atom is 0.410 e. The smallest absolute Gasteiger partial charge is 0.410 e. The maximum absolute atomic E-state index is 13.0. The molecule has 2 aromatic rings. The quantitative estimate of drug-likeness (QED) is 0.236. The molecule has 0 aromatic heterocycles. The van der Waals surface area contributed by atoms with Crippen molar-refractivity contribution in [3.63, 3.8) is 0 Å². The van der Waals surface area contributed by atoms with Crippen LogP contribution in [0.25, 0.3) is 6.08 Å². The van der Waals surface area contributed by atoms with Crippen molar-refractivity contribution in [3.8, 4) is 5.75 Å². The van der Waals surface area contributed by atoms with E-state index in [0.29, 0.717) is 23.8 Å². The minimum atomic E-state index is -3.99. The SMILES string of the molecule is C=Cc1ccccc1S(=O)(=O)NC(Cc1ccc(OCCCCC2CCN(C(=O)OC(C)(C)C)CC2)cc1)C(=O)OC. The highest BCUT2D eigenvalue weighted by Gasteiger charge is 2.28. The van der Waals surface area contributed by atoms with Crippen LogP contribution in [0, 0.1) is 5.92 Å². The zero-order chi connectivity index (χ0) is 30.8. The fourth-order valence-corrected chi connectivity index (χ4v) is 6.27. The van der Waals surface area contributed by atoms with Gasteiger partial charge >= 0.3 is 12.1 Å². The van der Waals surface area contributed by atoms with E-state index in [1.54, 1.807) is 23.1 Å². The number of ether oxygens (including phenoxy) is 3. The number of rotatable bonds is 13. The highest BCUT2D eigenvalue weighted by Crippen LogP contribution is 2.24. The van der Waals surface area contributed by atoms with Gasteiger partial charge in [0.2, 0.25) is 10.0 Å². The number of amides is 1. The molecule has 42 heavy (non-hydrogen) atoms. The summed E-state index contributed by atoms with van der Waals surface area (Å²) < 4.78 is 44.8. The molecule has 3 rings (SSSR count). The predicted octanol–water partition coefficient (Wildman–Crippen LogP) is 5.59. The van der Waals surface area contributed by atoms with Crippen LogP contribution in [0.15, 0.2) is 60.0 Å². The third-order valence-electron chi connectivity index (χ3n) is 7.12. The number of piperidine rings is 1. The molecule has 0 saturated carbocycles. The number of sulfonamides is 1. The average Bonchev–Trinajstić information content (AvgIpc) is 2.96. The van der Waals surface area contributed by atoms with E-state index < -0.39 is 27.6 Å². The number of methoxy groups -OCH3 is 1. The molecule has 0 radical (unpaired) electrons. The third kappa shape index (κ3) is 10.2. The lowest BCUT2D eigenvalue weighted by Gasteiger charge is -2.33. The van der Waals surface area contributed by atoms with Crippen LogP contribution in [0.5, 0.6) is 5.75 Å². The van der Waals surface area contributed by atoms with E-state index in [2.05, 4.69) is 11.3 Å². The van der Waals surface area contributed by atoms with Gasteiger partial charge in [0, 0.05) is 13.1 Å². The van der Waals surface area contributed by atoms with Gasteiger partial charge in [0.05, 0.1) is 18.6 Å². The summed E-state index contributed by atoms with van der Waals surface area (Å²) in [5, 5.41) is 0. The number of carbonyl (C=O) groups excluding carboxylic acids is 2. The molecule has 9 nitrogen and oxygen atoms in total. The zero-order valence-electron chi connectivity index (χ0n) is 25.1. The molecule has 1 atom stereocenters. The van der Waals surface area contributed by atoms with Gasteiger partial charge in [-0.15, -0.1) is 0 Å². The number of nitrogens with one attached hydrogen (secondary N) is 1. The molecular weight excluding hydrogens is 556 g/mol. The summed E-state index contributed by atoms with van der Waals surface area (Å²) >= 11 is 0. The predicted molar refractivity (Wildman–Crippen MR) is 163 cm³/mol. The first-order chi connectivity index (χ1) is 19.9. The first kappa shape index (κ1) is 33.1. The van der Waals surface area contributed by atoms with Crippen molar-refractivity contribution in [2.24, 2.45) is 5.92 Å². The van der Waals surface area contributed by atoms with Crippen LogP contribution in [0.3, 0.4) is 0 Å². The Morgan fingerprint density at radius 3 is 2.36 bits per heavy atom. The Bertz CT molecular complexity index is 1290. The van der Waals surface area contributed by atoms with Crippen LogP contribution < -0.4 is 9.46 Å². The lowest BCUT2D eigenvalue weighted by molar-refractivity contribution is -0.142. The van der Waals surface area contributed by atoms with Crippen LogP contribution in [0.4, 0.5) is 4.79 Å². The average molecular weight is 601 g/mol. The number of benzene rings is 2. The molecule has 0 bridgehead atoms. The third-order valence-corrected chi connectivity index (χ3v) is 8.66. The van der Waals surface area contributed by atoms with E-state index in [0.717, 1.165) is 50.8 Å². The van der Waals surface area contributed by atoms with Gasteiger partial charge in [-0.05, 0) is 88.1 Å². The Labute approximate surface area is 250 Å². The van der Waals surface area contributed by atoms with Crippen LogP contribution in [0.1, 0.15) is 64.0 Å². The van der Waals surface area contributed by atoms with Gasteiger partial charge in [-0.3, -0.25) is 4.79 Å². The summed E-state index contributed by atoms with van der Waals surface area (Å²) in [5.41, 5.74) is 0.729. The molecule has 10 heteroatoms. The summed E-state index contributed by atoms with van der Waals surface area (Å²) in [4.78, 5) is 26.5. The van der Waals surface area contributed by atoms with Gasteiger partial charge in [0.15, 0.2) is 0 Å². The van der Waals surface area contributed by atoms with Crippen LogP contribution in [-0.4, -0.2) is 63.8 Å². The second-order valence-corrected chi connectivity index (χ2v) is 13.2. The molecule has 1 aliphatic heterocycles. The normalized spacial score (nSPS) is 15.1. The van der Waals surface area contributed by atoms with Gasteiger partial charge in [-0.2, -0.15) is 4.72 Å². The van der Waals surface area contributed by atoms with Gasteiger partial charge < -0.3 is 19.1 Å². The minimum absolute atomic E-state index is 0.0453. The van der Waals surface area contributed by atoms with Crippen molar-refractivity contribution in [1.82, 2.24) is 9.62 Å². The highest BCUT2D eigenvalue weighted by molar-refractivity contribution is 7.89. The van der Waals surface area contributed by atoms with E-state index in [4.69, 9.17) is 14.2 Å². The Morgan fingerprint density at radius 2 is 1.74 bits per heavy atom. The largest absolute Gasteiger partial charge is 0.494 e. The molecule has 0 aliphatic carbocycles. The molecule has 1 fully saturated rings. The second kappa shape index (κ2) is 15.2. The molecule has 1 amide bonds. The Hall–Kier alpha value is -3.37. The van der Waals surface area contributed by atoms with Crippen LogP contribution in [-0.2, 0) is 30.7 Å². The molecule has 0 spiro atoms. The first-order valence-electron chi connectivity index (χ1n) is 14.4. The summed E-state index contributed by atoms with van der Waals surface area (Å²) in [6.45, 7) is 11.4. The van der Waals surface area contributed by atoms with Crippen molar-refractivity contribution < 1.29 is 32.2 Å². The molecule has 230 valence electrons. The number of hydrogen-bond donors (Lipinski definition) is 1. The molecular formula is C32H44N2O7S. The monoisotopic (exact) mass is 600 g/mol. The summed E-state index contributed by atoms with van der Waals surface area (Å²) in [7, 11) is -2.77. The topological polar surface area (TPSA) is 111 Å². The molecule has 1 aliphatic rings. The Kier molecular flexibility index (Phi) is 12.0. The van der Waals surface area contributed by atoms with E-state index in [-0.39, 0.29) is 17.4 Å².